The van der Waals surface area contributed by atoms with Crippen LogP contribution in [-0.2, 0) is 10.0 Å². The van der Waals surface area contributed by atoms with Gasteiger partial charge in [-0.25, -0.2) is 13.6 Å². The number of rotatable bonds is 5. The van der Waals surface area contributed by atoms with Crippen LogP contribution in [0.15, 0.2) is 23.1 Å². The summed E-state index contributed by atoms with van der Waals surface area (Å²) in [6.07, 6.45) is 1.96. The predicted molar refractivity (Wildman–Crippen MR) is 67.8 cm³/mol. The molecule has 0 aliphatic rings. The van der Waals surface area contributed by atoms with Crippen molar-refractivity contribution >= 4 is 21.6 Å². The highest BCUT2D eigenvalue weighted by Gasteiger charge is 2.12. The second-order valence-corrected chi connectivity index (χ2v) is 5.82. The third-order valence-corrected chi connectivity index (χ3v) is 3.46. The summed E-state index contributed by atoms with van der Waals surface area (Å²) in [5.41, 5.74) is 0. The maximum absolute atomic E-state index is 11.1. The Kier molecular flexibility index (Phi) is 4.80. The minimum atomic E-state index is -3.72. The van der Waals surface area contributed by atoms with Crippen LogP contribution in [0, 0.1) is 0 Å². The van der Waals surface area contributed by atoms with Crippen molar-refractivity contribution in [3.05, 3.63) is 23.2 Å². The van der Waals surface area contributed by atoms with Gasteiger partial charge in [0, 0.05) is 0 Å². The first-order chi connectivity index (χ1) is 7.84. The lowest BCUT2D eigenvalue weighted by molar-refractivity contribution is 0.210. The summed E-state index contributed by atoms with van der Waals surface area (Å²) >= 11 is 5.93. The fourth-order valence-corrected chi connectivity index (χ4v) is 2.27. The van der Waals surface area contributed by atoms with Gasteiger partial charge in [0.05, 0.1) is 16.0 Å². The SMILES string of the molecule is CCCC(C)Oc1ccc(S(N)(=O)=O)cc1Cl. The molecule has 0 aliphatic carbocycles. The summed E-state index contributed by atoms with van der Waals surface area (Å²) in [6.45, 7) is 4.00. The Morgan fingerprint density at radius 1 is 1.47 bits per heavy atom. The van der Waals surface area contributed by atoms with E-state index in [4.69, 9.17) is 21.5 Å². The van der Waals surface area contributed by atoms with E-state index in [1.54, 1.807) is 0 Å². The van der Waals surface area contributed by atoms with Gasteiger partial charge in [-0.1, -0.05) is 24.9 Å². The van der Waals surface area contributed by atoms with Crippen LogP contribution in [0.3, 0.4) is 0 Å². The number of ether oxygens (including phenoxy) is 1. The van der Waals surface area contributed by atoms with Crippen LogP contribution in [0.25, 0.3) is 0 Å². The average molecular weight is 278 g/mol. The monoisotopic (exact) mass is 277 g/mol. The van der Waals surface area contributed by atoms with Gasteiger partial charge in [0.2, 0.25) is 10.0 Å². The van der Waals surface area contributed by atoms with Crippen molar-refractivity contribution in [2.45, 2.75) is 37.7 Å². The summed E-state index contributed by atoms with van der Waals surface area (Å²) in [4.78, 5) is -0.0157. The number of hydrogen-bond acceptors (Lipinski definition) is 3. The van der Waals surface area contributed by atoms with Crippen LogP contribution < -0.4 is 9.88 Å². The number of sulfonamides is 1. The fraction of sp³-hybridized carbons (Fsp3) is 0.455. The highest BCUT2D eigenvalue weighted by atomic mass is 35.5. The van der Waals surface area contributed by atoms with Crippen molar-refractivity contribution in [1.82, 2.24) is 0 Å². The molecule has 96 valence electrons. The normalized spacial score (nSPS) is 13.4. The molecule has 1 aromatic carbocycles. The van der Waals surface area contributed by atoms with E-state index in [0.29, 0.717) is 5.75 Å². The first-order valence-corrected chi connectivity index (χ1v) is 7.26. The lowest BCUT2D eigenvalue weighted by Crippen LogP contribution is -2.13. The number of hydrogen-bond donors (Lipinski definition) is 1. The van der Waals surface area contributed by atoms with Gasteiger partial charge in [-0.05, 0) is 31.5 Å². The van der Waals surface area contributed by atoms with Gasteiger partial charge in [0.1, 0.15) is 5.75 Å². The van der Waals surface area contributed by atoms with Crippen LogP contribution in [-0.4, -0.2) is 14.5 Å². The summed E-state index contributed by atoms with van der Waals surface area (Å²) in [6, 6.07) is 4.20. The molecule has 0 bridgehead atoms. The molecule has 6 heteroatoms. The molecular formula is C11H16ClNO3S. The molecule has 1 unspecified atom stereocenters. The van der Waals surface area contributed by atoms with Crippen LogP contribution in [0.1, 0.15) is 26.7 Å². The molecule has 0 heterocycles. The highest BCUT2D eigenvalue weighted by molar-refractivity contribution is 7.89. The topological polar surface area (TPSA) is 69.4 Å². The van der Waals surface area contributed by atoms with Gasteiger partial charge in [-0.2, -0.15) is 0 Å². The lowest BCUT2D eigenvalue weighted by Gasteiger charge is -2.15. The molecule has 17 heavy (non-hydrogen) atoms. The Morgan fingerprint density at radius 2 is 2.12 bits per heavy atom. The molecule has 4 nitrogen and oxygen atoms in total. The maximum atomic E-state index is 11.1. The first kappa shape index (κ1) is 14.3. The first-order valence-electron chi connectivity index (χ1n) is 5.33. The maximum Gasteiger partial charge on any atom is 0.238 e. The Bertz CT molecular complexity index is 487. The minimum absolute atomic E-state index is 0.0157. The number of primary sulfonamides is 1. The Balaban J connectivity index is 2.91. The van der Waals surface area contributed by atoms with Gasteiger partial charge in [0.25, 0.3) is 0 Å². The van der Waals surface area contributed by atoms with E-state index in [1.165, 1.54) is 18.2 Å². The molecule has 0 aromatic heterocycles. The van der Waals surface area contributed by atoms with Crippen LogP contribution >= 0.6 is 11.6 Å². The van der Waals surface area contributed by atoms with E-state index in [9.17, 15) is 8.42 Å². The summed E-state index contributed by atoms with van der Waals surface area (Å²) in [5.74, 6) is 0.472. The number of nitrogens with two attached hydrogens (primary N) is 1. The zero-order chi connectivity index (χ0) is 13.1. The Hall–Kier alpha value is -0.780. The van der Waals surface area contributed by atoms with E-state index in [-0.39, 0.29) is 16.0 Å². The molecule has 2 N–H and O–H groups in total. The molecule has 0 aliphatic heterocycles. The fourth-order valence-electron chi connectivity index (χ4n) is 1.44. The van der Waals surface area contributed by atoms with Gasteiger partial charge < -0.3 is 4.74 Å². The minimum Gasteiger partial charge on any atom is -0.489 e. The number of benzene rings is 1. The highest BCUT2D eigenvalue weighted by Crippen LogP contribution is 2.28. The standard InChI is InChI=1S/C11H16ClNO3S/c1-3-4-8(2)16-11-6-5-9(7-10(11)12)17(13,14)15/h5-8H,3-4H2,1-2H3,(H2,13,14,15). The summed E-state index contributed by atoms with van der Waals surface area (Å²) in [5, 5.41) is 5.25. The quantitative estimate of drug-likeness (QED) is 0.899. The molecule has 0 fully saturated rings. The van der Waals surface area contributed by atoms with Crippen molar-refractivity contribution in [3.63, 3.8) is 0 Å². The third kappa shape index (κ3) is 4.18. The molecule has 0 saturated carbocycles. The van der Waals surface area contributed by atoms with Crippen LogP contribution in [0.5, 0.6) is 5.75 Å². The van der Waals surface area contributed by atoms with Gasteiger partial charge in [-0.3, -0.25) is 0 Å². The van der Waals surface area contributed by atoms with Gasteiger partial charge in [-0.15, -0.1) is 0 Å². The molecule has 0 spiro atoms. The predicted octanol–water partition coefficient (Wildman–Crippen LogP) is 2.55. The third-order valence-electron chi connectivity index (χ3n) is 2.26. The average Bonchev–Trinajstić information content (AvgIpc) is 2.20. The molecule has 0 amide bonds. The molecule has 0 saturated heterocycles. The van der Waals surface area contributed by atoms with E-state index in [1.807, 2.05) is 6.92 Å². The lowest BCUT2D eigenvalue weighted by atomic mass is 10.2. The zero-order valence-electron chi connectivity index (χ0n) is 9.81. The largest absolute Gasteiger partial charge is 0.489 e. The Labute approximate surface area is 107 Å². The van der Waals surface area contributed by atoms with E-state index in [2.05, 4.69) is 6.92 Å². The molecule has 1 aromatic rings. The smallest absolute Gasteiger partial charge is 0.238 e. The molecule has 1 atom stereocenters. The zero-order valence-corrected chi connectivity index (χ0v) is 11.4. The van der Waals surface area contributed by atoms with Crippen molar-refractivity contribution in [1.29, 1.82) is 0 Å². The van der Waals surface area contributed by atoms with Gasteiger partial charge >= 0.3 is 0 Å². The summed E-state index contributed by atoms with van der Waals surface area (Å²) < 4.78 is 27.8. The van der Waals surface area contributed by atoms with Crippen LogP contribution in [0.2, 0.25) is 5.02 Å². The molecule has 1 rings (SSSR count). The Morgan fingerprint density at radius 3 is 2.59 bits per heavy atom. The van der Waals surface area contributed by atoms with Crippen molar-refractivity contribution in [2.75, 3.05) is 0 Å². The van der Waals surface area contributed by atoms with Crippen molar-refractivity contribution < 1.29 is 13.2 Å². The van der Waals surface area contributed by atoms with E-state index < -0.39 is 10.0 Å². The van der Waals surface area contributed by atoms with E-state index in [0.717, 1.165) is 12.8 Å². The van der Waals surface area contributed by atoms with E-state index >= 15 is 0 Å². The second kappa shape index (κ2) is 5.71. The van der Waals surface area contributed by atoms with Crippen molar-refractivity contribution in [2.24, 2.45) is 5.14 Å². The number of halogens is 1. The molecule has 0 radical (unpaired) electrons. The van der Waals surface area contributed by atoms with Crippen LogP contribution in [0.4, 0.5) is 0 Å². The molecular weight excluding hydrogens is 262 g/mol. The van der Waals surface area contributed by atoms with Crippen molar-refractivity contribution in [3.8, 4) is 5.75 Å². The summed E-state index contributed by atoms with van der Waals surface area (Å²) in [7, 11) is -3.72. The second-order valence-electron chi connectivity index (χ2n) is 3.85. The van der Waals surface area contributed by atoms with Gasteiger partial charge in [0.15, 0.2) is 0 Å².